The van der Waals surface area contributed by atoms with Crippen LogP contribution in [0.1, 0.15) is 31.9 Å². The Balaban J connectivity index is 0.000000890. The largest absolute Gasteiger partial charge is 0.478 e. The van der Waals surface area contributed by atoms with Gasteiger partial charge in [0.15, 0.2) is 11.1 Å². The molecule has 1 aromatic heterocycles. The lowest BCUT2D eigenvalue weighted by atomic mass is 10.1. The van der Waals surface area contributed by atoms with Crippen LogP contribution < -0.4 is 16.4 Å². The molecule has 0 aliphatic heterocycles. The van der Waals surface area contributed by atoms with E-state index in [-0.39, 0.29) is 5.91 Å². The van der Waals surface area contributed by atoms with E-state index in [1.165, 1.54) is 18.3 Å². The van der Waals surface area contributed by atoms with Crippen molar-refractivity contribution in [3.8, 4) is 0 Å². The molecule has 1 aromatic rings. The zero-order valence-corrected chi connectivity index (χ0v) is 17.9. The fourth-order valence-electron chi connectivity index (χ4n) is 1.90. The second-order valence-corrected chi connectivity index (χ2v) is 6.69. The first-order chi connectivity index (χ1) is 14.2. The van der Waals surface area contributed by atoms with Gasteiger partial charge in [0, 0.05) is 38.1 Å². The van der Waals surface area contributed by atoms with Crippen LogP contribution in [0.5, 0.6) is 0 Å². The number of nitrogens with zero attached hydrogens (tertiary/aromatic N) is 2. The van der Waals surface area contributed by atoms with E-state index in [4.69, 9.17) is 20.7 Å². The maximum absolute atomic E-state index is 10.7. The van der Waals surface area contributed by atoms with Gasteiger partial charge in [-0.1, -0.05) is 6.42 Å². The van der Waals surface area contributed by atoms with Crippen molar-refractivity contribution in [2.24, 2.45) is 10.7 Å². The second-order valence-electron chi connectivity index (χ2n) is 5.83. The highest BCUT2D eigenvalue weighted by atomic mass is 32.1. The van der Waals surface area contributed by atoms with Crippen LogP contribution >= 0.6 is 11.3 Å². The van der Waals surface area contributed by atoms with Crippen molar-refractivity contribution in [3.63, 3.8) is 0 Å². The van der Waals surface area contributed by atoms with Crippen molar-refractivity contribution < 1.29 is 29.3 Å². The normalized spacial score (nSPS) is 10.9. The molecular weight excluding hydrogens is 414 g/mol. The van der Waals surface area contributed by atoms with Crippen LogP contribution in [0.25, 0.3) is 0 Å². The number of methoxy groups -OCH3 is 1. The molecule has 30 heavy (non-hydrogen) atoms. The van der Waals surface area contributed by atoms with Crippen molar-refractivity contribution >= 4 is 40.3 Å². The predicted octanol–water partition coefficient (Wildman–Crippen LogP) is 1.08. The van der Waals surface area contributed by atoms with Gasteiger partial charge in [-0.15, -0.1) is 11.3 Å². The molecule has 0 aromatic carbocycles. The summed E-state index contributed by atoms with van der Waals surface area (Å²) in [6.45, 7) is 3.35. The number of carboxylic acid groups (broad SMARTS) is 2. The van der Waals surface area contributed by atoms with Gasteiger partial charge in [-0.05, 0) is 19.3 Å². The summed E-state index contributed by atoms with van der Waals surface area (Å²) < 4.78 is 4.91. The van der Waals surface area contributed by atoms with Crippen LogP contribution in [-0.4, -0.2) is 65.8 Å². The first kappa shape index (κ1) is 27.0. The molecule has 0 bridgehead atoms. The molecule has 11 nitrogen and oxygen atoms in total. The smallest absolute Gasteiger partial charge is 0.328 e. The summed E-state index contributed by atoms with van der Waals surface area (Å²) in [5.41, 5.74) is 6.80. The van der Waals surface area contributed by atoms with Gasteiger partial charge in [0.2, 0.25) is 5.91 Å². The lowest BCUT2D eigenvalue weighted by molar-refractivity contribution is -0.134. The number of ether oxygens (including phenoxy) is 1. The molecule has 0 saturated heterocycles. The summed E-state index contributed by atoms with van der Waals surface area (Å²) in [5.74, 6) is -2.13. The van der Waals surface area contributed by atoms with E-state index in [0.717, 1.165) is 43.1 Å². The van der Waals surface area contributed by atoms with Gasteiger partial charge < -0.3 is 31.3 Å². The maximum atomic E-state index is 10.7. The summed E-state index contributed by atoms with van der Waals surface area (Å²) in [7, 11) is 1.63. The number of anilines is 1. The standard InChI is InChI=1S/C14H25N5O2S.C4H4O4/c1-11(20)16-7-5-3-4-6-12-10-22-14(18-12)19-13(15)17-8-9-21-2;5-3(6)1-2-4(7)8/h10H,3-9H2,1-2H3,(H,16,20)(H3,15,17,18,19);1-2H,(H,5,6)(H,7,8)/b;2-1+. The van der Waals surface area contributed by atoms with Gasteiger partial charge >= 0.3 is 11.9 Å². The number of unbranched alkanes of at least 4 members (excludes halogenated alkanes) is 2. The number of carbonyl (C=O) groups is 3. The molecule has 0 aliphatic carbocycles. The Hall–Kier alpha value is -2.99. The monoisotopic (exact) mass is 443 g/mol. The molecule has 0 atom stereocenters. The Morgan fingerprint density at radius 3 is 2.47 bits per heavy atom. The number of hydrogen-bond acceptors (Lipinski definition) is 7. The van der Waals surface area contributed by atoms with Crippen molar-refractivity contribution in [2.75, 3.05) is 32.1 Å². The van der Waals surface area contributed by atoms with E-state index in [9.17, 15) is 14.4 Å². The van der Waals surface area contributed by atoms with Gasteiger partial charge in [0.05, 0.1) is 18.8 Å². The number of aliphatic carboxylic acids is 2. The molecule has 1 heterocycles. The highest BCUT2D eigenvalue weighted by Gasteiger charge is 2.03. The molecule has 0 saturated carbocycles. The molecule has 0 radical (unpaired) electrons. The van der Waals surface area contributed by atoms with Gasteiger partial charge in [-0.2, -0.15) is 0 Å². The number of aliphatic imine (C=N–C) groups is 1. The molecule has 12 heteroatoms. The average Bonchev–Trinajstić information content (AvgIpc) is 3.10. The van der Waals surface area contributed by atoms with E-state index < -0.39 is 11.9 Å². The zero-order valence-electron chi connectivity index (χ0n) is 17.1. The number of rotatable bonds is 12. The van der Waals surface area contributed by atoms with Crippen LogP contribution in [-0.2, 0) is 25.5 Å². The minimum Gasteiger partial charge on any atom is -0.478 e. The third kappa shape index (κ3) is 17.1. The van der Waals surface area contributed by atoms with Gasteiger partial charge in [0.1, 0.15) is 0 Å². The fourth-order valence-corrected chi connectivity index (χ4v) is 2.65. The van der Waals surface area contributed by atoms with Crippen molar-refractivity contribution in [2.45, 2.75) is 32.6 Å². The summed E-state index contributed by atoms with van der Waals surface area (Å²) in [4.78, 5) is 38.4. The maximum Gasteiger partial charge on any atom is 0.328 e. The van der Waals surface area contributed by atoms with E-state index in [0.29, 0.717) is 31.3 Å². The lowest BCUT2D eigenvalue weighted by Crippen LogP contribution is -2.23. The fraction of sp³-hybridized carbons (Fsp3) is 0.500. The summed E-state index contributed by atoms with van der Waals surface area (Å²) in [6.07, 6.45) is 5.17. The molecule has 6 N–H and O–H groups in total. The number of aromatic nitrogens is 1. The van der Waals surface area contributed by atoms with Crippen LogP contribution in [0, 0.1) is 0 Å². The summed E-state index contributed by atoms with van der Waals surface area (Å²) in [5, 5.41) is 24.2. The van der Waals surface area contributed by atoms with E-state index >= 15 is 0 Å². The minimum atomic E-state index is -1.26. The Kier molecular flexibility index (Phi) is 15.2. The Labute approximate surface area is 179 Å². The van der Waals surface area contributed by atoms with Crippen LogP contribution in [0.15, 0.2) is 22.5 Å². The first-order valence-corrected chi connectivity index (χ1v) is 10.0. The molecule has 0 fully saturated rings. The number of amides is 1. The highest BCUT2D eigenvalue weighted by molar-refractivity contribution is 7.13. The van der Waals surface area contributed by atoms with Crippen molar-refractivity contribution in [1.82, 2.24) is 10.3 Å². The van der Waals surface area contributed by atoms with E-state index in [2.05, 4.69) is 20.6 Å². The number of nitrogens with two attached hydrogens (primary N) is 1. The quantitative estimate of drug-likeness (QED) is 0.137. The number of aryl methyl sites for hydroxylation is 1. The minimum absolute atomic E-state index is 0.0277. The Morgan fingerprint density at radius 2 is 1.90 bits per heavy atom. The van der Waals surface area contributed by atoms with E-state index in [1.54, 1.807) is 7.11 Å². The van der Waals surface area contributed by atoms with Gasteiger partial charge in [0.25, 0.3) is 0 Å². The molecule has 168 valence electrons. The van der Waals surface area contributed by atoms with Crippen LogP contribution in [0.2, 0.25) is 0 Å². The number of hydrogen-bond donors (Lipinski definition) is 5. The topological polar surface area (TPSA) is 176 Å². The Morgan fingerprint density at radius 1 is 1.23 bits per heavy atom. The van der Waals surface area contributed by atoms with Crippen LogP contribution in [0.3, 0.4) is 0 Å². The Bertz CT molecular complexity index is 704. The zero-order chi connectivity index (χ0) is 22.8. The molecule has 0 aliphatic rings. The average molecular weight is 444 g/mol. The van der Waals surface area contributed by atoms with Crippen molar-refractivity contribution in [3.05, 3.63) is 23.2 Å². The third-order valence-corrected chi connectivity index (χ3v) is 4.02. The molecule has 1 rings (SSSR count). The predicted molar refractivity (Wildman–Crippen MR) is 115 cm³/mol. The first-order valence-electron chi connectivity index (χ1n) is 9.13. The second kappa shape index (κ2) is 16.9. The summed E-state index contributed by atoms with van der Waals surface area (Å²) >= 11 is 1.52. The number of carboxylic acids is 2. The molecule has 0 spiro atoms. The molecule has 1 amide bonds. The van der Waals surface area contributed by atoms with E-state index in [1.807, 2.05) is 5.38 Å². The third-order valence-electron chi connectivity index (χ3n) is 3.22. The SMILES string of the molecule is COCC/N=C(/N)Nc1nc(CCCCCNC(C)=O)cs1.O=C(O)/C=C/C(=O)O. The lowest BCUT2D eigenvalue weighted by Gasteiger charge is -2.02. The van der Waals surface area contributed by atoms with Gasteiger partial charge in [-0.3, -0.25) is 9.79 Å². The van der Waals surface area contributed by atoms with Gasteiger partial charge in [-0.25, -0.2) is 14.6 Å². The van der Waals surface area contributed by atoms with Crippen LogP contribution in [0.4, 0.5) is 5.13 Å². The van der Waals surface area contributed by atoms with Crippen molar-refractivity contribution in [1.29, 1.82) is 0 Å². The molecular formula is C18H29N5O6S. The number of nitrogens with one attached hydrogen (secondary N) is 2. The summed E-state index contributed by atoms with van der Waals surface area (Å²) in [6, 6.07) is 0. The number of carbonyl (C=O) groups excluding carboxylic acids is 1. The number of guanidine groups is 1. The number of thiazole rings is 1. The molecule has 0 unspecified atom stereocenters. The highest BCUT2D eigenvalue weighted by Crippen LogP contribution is 2.16.